The third kappa shape index (κ3) is 63.9. The Kier molecular flexibility index (Phi) is 62.4. The second-order valence-electron chi connectivity index (χ2n) is 20.9. The quantitative estimate of drug-likeness (QED) is 0.0261. The number of esters is 3. The van der Waals surface area contributed by atoms with Crippen LogP contribution < -0.4 is 0 Å². The molecule has 0 radical (unpaired) electrons. The minimum atomic E-state index is -0.814. The minimum Gasteiger partial charge on any atom is -0.462 e. The van der Waals surface area contributed by atoms with Crippen molar-refractivity contribution in [1.82, 2.24) is 0 Å². The number of carbonyl (C=O) groups is 3. The fourth-order valence-electron chi connectivity index (χ4n) is 8.38. The number of hydrogen-bond donors (Lipinski definition) is 0. The van der Waals surface area contributed by atoms with Crippen LogP contribution in [0.15, 0.2) is 158 Å². The molecule has 450 valence electrons. The van der Waals surface area contributed by atoms with Gasteiger partial charge in [-0.25, -0.2) is 0 Å². The molecule has 0 aromatic rings. The van der Waals surface area contributed by atoms with Crippen molar-refractivity contribution >= 4 is 17.9 Å². The molecule has 80 heavy (non-hydrogen) atoms. The van der Waals surface area contributed by atoms with Gasteiger partial charge < -0.3 is 14.2 Å². The zero-order chi connectivity index (χ0) is 57.8. The molecule has 0 spiro atoms. The smallest absolute Gasteiger partial charge is 0.306 e. The summed E-state index contributed by atoms with van der Waals surface area (Å²) in [5.41, 5.74) is 0. The summed E-state index contributed by atoms with van der Waals surface area (Å²) in [6.07, 6.45) is 96.7. The van der Waals surface area contributed by atoms with Gasteiger partial charge >= 0.3 is 17.9 Å². The van der Waals surface area contributed by atoms with E-state index in [4.69, 9.17) is 14.2 Å². The summed E-state index contributed by atoms with van der Waals surface area (Å²) >= 11 is 0. The SMILES string of the molecule is CC/C=C\C/C=C\C/C=C\C/C=C\C/C=C\C/C=C\C/C=C\C/C=C\C/C=C\CCCCCC(=O)OCC(COC(=O)CCCCCCC/C=C\C/C=C\CCCCC)OC(=O)CCCCCCC/C=C\C/C=C\CCCCCC. The lowest BCUT2D eigenvalue weighted by molar-refractivity contribution is -0.167. The van der Waals surface area contributed by atoms with Gasteiger partial charge in [-0.05, 0) is 154 Å². The van der Waals surface area contributed by atoms with Gasteiger partial charge in [-0.1, -0.05) is 256 Å². The van der Waals surface area contributed by atoms with Crippen molar-refractivity contribution in [1.29, 1.82) is 0 Å². The van der Waals surface area contributed by atoms with E-state index in [1.807, 2.05) is 0 Å². The van der Waals surface area contributed by atoms with Gasteiger partial charge in [-0.15, -0.1) is 0 Å². The van der Waals surface area contributed by atoms with E-state index in [1.54, 1.807) is 0 Å². The maximum absolute atomic E-state index is 12.9. The van der Waals surface area contributed by atoms with Crippen molar-refractivity contribution < 1.29 is 28.6 Å². The molecule has 1 atom stereocenters. The predicted molar refractivity (Wildman–Crippen MR) is 348 cm³/mol. The van der Waals surface area contributed by atoms with Crippen molar-refractivity contribution in [3.8, 4) is 0 Å². The lowest BCUT2D eigenvalue weighted by atomic mass is 10.1. The molecule has 0 heterocycles. The van der Waals surface area contributed by atoms with Crippen LogP contribution in [0, 0.1) is 0 Å². The summed E-state index contributed by atoms with van der Waals surface area (Å²) in [7, 11) is 0. The summed E-state index contributed by atoms with van der Waals surface area (Å²) < 4.78 is 16.9. The maximum Gasteiger partial charge on any atom is 0.306 e. The Hall–Kier alpha value is -4.97. The lowest BCUT2D eigenvalue weighted by Crippen LogP contribution is -2.30. The van der Waals surface area contributed by atoms with Crippen LogP contribution in [0.25, 0.3) is 0 Å². The van der Waals surface area contributed by atoms with Crippen molar-refractivity contribution in [3.05, 3.63) is 158 Å². The molecule has 0 saturated heterocycles. The molecule has 6 heteroatoms. The standard InChI is InChI=1S/C74H118O6/c1-4-7-10-13-16-19-22-25-28-30-31-32-33-34-35-36-37-38-39-40-41-42-43-44-47-49-52-55-58-61-64-67-73(76)79-70-71(69-78-72(75)66-63-60-57-54-51-48-45-27-24-21-18-15-12-9-6-3)80-74(77)68-65-62-59-56-53-50-46-29-26-23-20-17-14-11-8-5-2/h7,10,16,18-21,23,25,27-29,31-32,34-35,37-38,40-41,43-46,49,52,71H,4-6,8-9,11-15,17,22,24,26,30,33,36,39,42,47-48,50-51,53-70H2,1-3H3/b10-7-,19-16-,21-18-,23-20-,28-25-,32-31-,35-34-,38-37-,41-40-,44-43-,45-27-,46-29-,52-49-. The molecule has 0 aromatic carbocycles. The zero-order valence-electron chi connectivity index (χ0n) is 51.5. The van der Waals surface area contributed by atoms with Crippen molar-refractivity contribution in [3.63, 3.8) is 0 Å². The van der Waals surface area contributed by atoms with Crippen LogP contribution in [-0.4, -0.2) is 37.2 Å². The Morgan fingerprint density at radius 1 is 0.263 bits per heavy atom. The second kappa shape index (κ2) is 66.5. The van der Waals surface area contributed by atoms with Crippen molar-refractivity contribution in [2.75, 3.05) is 13.2 Å². The highest BCUT2D eigenvalue weighted by molar-refractivity contribution is 5.71. The lowest BCUT2D eigenvalue weighted by Gasteiger charge is -2.18. The van der Waals surface area contributed by atoms with Crippen molar-refractivity contribution in [2.24, 2.45) is 0 Å². The van der Waals surface area contributed by atoms with Gasteiger partial charge in [-0.3, -0.25) is 14.4 Å². The summed E-state index contributed by atoms with van der Waals surface area (Å²) in [4.78, 5) is 38.3. The van der Waals surface area contributed by atoms with Crippen molar-refractivity contribution in [2.45, 2.75) is 277 Å². The molecular formula is C74H118O6. The summed E-state index contributed by atoms with van der Waals surface area (Å²) in [6.45, 7) is 6.43. The van der Waals surface area contributed by atoms with E-state index in [2.05, 4.69) is 179 Å². The molecule has 0 amide bonds. The predicted octanol–water partition coefficient (Wildman–Crippen LogP) is 22.5. The normalized spacial score (nSPS) is 13.2. The van der Waals surface area contributed by atoms with Crippen LogP contribution in [0.1, 0.15) is 271 Å². The van der Waals surface area contributed by atoms with Crippen LogP contribution in [0.4, 0.5) is 0 Å². The maximum atomic E-state index is 12.9. The van der Waals surface area contributed by atoms with Crippen LogP contribution in [-0.2, 0) is 28.6 Å². The molecule has 0 saturated carbocycles. The number of carbonyl (C=O) groups excluding carboxylic acids is 3. The number of unbranched alkanes of at least 4 members (excludes halogenated alkanes) is 20. The Morgan fingerprint density at radius 3 is 0.800 bits per heavy atom. The topological polar surface area (TPSA) is 78.9 Å². The van der Waals surface area contributed by atoms with E-state index < -0.39 is 6.10 Å². The largest absolute Gasteiger partial charge is 0.462 e. The summed E-state index contributed by atoms with van der Waals surface area (Å²) in [5.74, 6) is -0.971. The van der Waals surface area contributed by atoms with E-state index in [1.165, 1.54) is 57.8 Å². The highest BCUT2D eigenvalue weighted by atomic mass is 16.6. The molecule has 0 aliphatic rings. The van der Waals surface area contributed by atoms with Gasteiger partial charge in [0.25, 0.3) is 0 Å². The van der Waals surface area contributed by atoms with Crippen LogP contribution in [0.3, 0.4) is 0 Å². The van der Waals surface area contributed by atoms with E-state index in [-0.39, 0.29) is 31.1 Å². The van der Waals surface area contributed by atoms with E-state index in [0.29, 0.717) is 19.3 Å². The highest BCUT2D eigenvalue weighted by Crippen LogP contribution is 2.13. The first-order valence-corrected chi connectivity index (χ1v) is 32.5. The number of allylic oxidation sites excluding steroid dienone is 26. The third-order valence-electron chi connectivity index (χ3n) is 13.2. The average Bonchev–Trinajstić information content (AvgIpc) is 3.46. The van der Waals surface area contributed by atoms with Gasteiger partial charge in [0.15, 0.2) is 6.10 Å². The van der Waals surface area contributed by atoms with Gasteiger partial charge in [-0.2, -0.15) is 0 Å². The third-order valence-corrected chi connectivity index (χ3v) is 13.2. The Labute approximate surface area is 492 Å². The highest BCUT2D eigenvalue weighted by Gasteiger charge is 2.19. The second-order valence-corrected chi connectivity index (χ2v) is 20.9. The Morgan fingerprint density at radius 2 is 0.487 bits per heavy atom. The number of ether oxygens (including phenoxy) is 3. The first-order chi connectivity index (χ1) is 39.5. The molecule has 0 rings (SSSR count). The fourth-order valence-corrected chi connectivity index (χ4v) is 8.38. The van der Waals surface area contributed by atoms with Gasteiger partial charge in [0.05, 0.1) is 0 Å². The molecule has 0 bridgehead atoms. The van der Waals surface area contributed by atoms with E-state index in [0.717, 1.165) is 173 Å². The zero-order valence-corrected chi connectivity index (χ0v) is 51.5. The van der Waals surface area contributed by atoms with Crippen LogP contribution in [0.5, 0.6) is 0 Å². The van der Waals surface area contributed by atoms with E-state index in [9.17, 15) is 14.4 Å². The molecule has 0 aromatic heterocycles. The first kappa shape index (κ1) is 75.0. The van der Waals surface area contributed by atoms with Gasteiger partial charge in [0.2, 0.25) is 0 Å². The minimum absolute atomic E-state index is 0.107. The number of rotatable bonds is 57. The number of hydrogen-bond acceptors (Lipinski definition) is 6. The monoisotopic (exact) mass is 1100 g/mol. The van der Waals surface area contributed by atoms with Crippen LogP contribution in [0.2, 0.25) is 0 Å². The van der Waals surface area contributed by atoms with Gasteiger partial charge in [0, 0.05) is 19.3 Å². The molecule has 6 nitrogen and oxygen atoms in total. The summed E-state index contributed by atoms with van der Waals surface area (Å²) in [6, 6.07) is 0. The first-order valence-electron chi connectivity index (χ1n) is 32.5. The average molecular weight is 1100 g/mol. The molecular weight excluding hydrogens is 985 g/mol. The molecule has 0 fully saturated rings. The molecule has 0 aliphatic carbocycles. The Bertz CT molecular complexity index is 1790. The molecule has 0 N–H and O–H groups in total. The van der Waals surface area contributed by atoms with Crippen LogP contribution >= 0.6 is 0 Å². The van der Waals surface area contributed by atoms with E-state index >= 15 is 0 Å². The fraction of sp³-hybridized carbons (Fsp3) is 0.608. The summed E-state index contributed by atoms with van der Waals surface area (Å²) in [5, 5.41) is 0. The molecule has 1 unspecified atom stereocenters. The molecule has 0 aliphatic heterocycles. The Balaban J connectivity index is 4.44. The van der Waals surface area contributed by atoms with Gasteiger partial charge in [0.1, 0.15) is 13.2 Å².